The van der Waals surface area contributed by atoms with E-state index in [1.165, 1.54) is 18.4 Å². The molecule has 0 aromatic heterocycles. The van der Waals surface area contributed by atoms with Crippen LogP contribution in [0.1, 0.15) is 118 Å². The van der Waals surface area contributed by atoms with Crippen molar-refractivity contribution in [3.63, 3.8) is 0 Å². The molecule has 0 aliphatic heterocycles. The van der Waals surface area contributed by atoms with Crippen molar-refractivity contribution in [2.75, 3.05) is 0 Å². The summed E-state index contributed by atoms with van der Waals surface area (Å²) in [6, 6.07) is 0. The minimum absolute atomic E-state index is 0. The summed E-state index contributed by atoms with van der Waals surface area (Å²) >= 11 is 0. The zero-order valence-electron chi connectivity index (χ0n) is 22.8. The highest BCUT2D eigenvalue weighted by Crippen LogP contribution is 2.32. The van der Waals surface area contributed by atoms with Crippen LogP contribution in [0.25, 0.3) is 0 Å². The summed E-state index contributed by atoms with van der Waals surface area (Å²) in [7, 11) is 1.36. The van der Waals surface area contributed by atoms with Crippen molar-refractivity contribution >= 4 is 14.0 Å². The molecule has 0 nitrogen and oxygen atoms in total. The van der Waals surface area contributed by atoms with Crippen LogP contribution in [-0.4, -0.2) is 14.0 Å². The standard InChI is InChI=1S/C13H27B.C7H14.C6H15B.CH4/c1-9(2)13(10(3)4)14(11(5)6)12(7)8;1-6(2)5-7(3)4;1-5(2)7-6(3)4;/h9,11-12H,1-8H3;5-6H,1-4H3;5-7H,1-4H3;1H4. The maximum atomic E-state index is 2.34. The van der Waals surface area contributed by atoms with Gasteiger partial charge < -0.3 is 0 Å². The Bertz CT molecular complexity index is 402. The van der Waals surface area contributed by atoms with Crippen molar-refractivity contribution in [2.45, 2.75) is 141 Å². The number of rotatable bonds is 7. The molecule has 0 atom stereocenters. The summed E-state index contributed by atoms with van der Waals surface area (Å²) in [5, 5.41) is 0. The fourth-order valence-corrected chi connectivity index (χ4v) is 4.39. The fraction of sp³-hybridized carbons (Fsp3) is 0.852. The molecule has 29 heavy (non-hydrogen) atoms. The van der Waals surface area contributed by atoms with Gasteiger partial charge in [-0.2, -0.15) is 0 Å². The Morgan fingerprint density at radius 2 is 1.00 bits per heavy atom. The third-order valence-electron chi connectivity index (χ3n) is 4.60. The first-order valence-corrected chi connectivity index (χ1v) is 11.9. The van der Waals surface area contributed by atoms with Crippen LogP contribution in [0.3, 0.4) is 0 Å². The first kappa shape index (κ1) is 36.0. The molecule has 0 amide bonds. The molecule has 0 spiro atoms. The number of hydrogen-bond acceptors (Lipinski definition) is 0. The monoisotopic (exact) mass is 406 g/mol. The van der Waals surface area contributed by atoms with E-state index in [2.05, 4.69) is 117 Å². The van der Waals surface area contributed by atoms with Gasteiger partial charge in [-0.15, -0.1) is 0 Å². The van der Waals surface area contributed by atoms with Crippen LogP contribution >= 0.6 is 0 Å². The van der Waals surface area contributed by atoms with Gasteiger partial charge in [-0.1, -0.05) is 136 Å². The lowest BCUT2D eigenvalue weighted by molar-refractivity contribution is 0.776. The maximum absolute atomic E-state index is 2.34. The first-order valence-electron chi connectivity index (χ1n) is 11.9. The lowest BCUT2D eigenvalue weighted by atomic mass is 9.29. The molecule has 0 unspecified atom stereocenters. The highest BCUT2D eigenvalue weighted by molar-refractivity contribution is 6.69. The van der Waals surface area contributed by atoms with Crippen LogP contribution in [0.2, 0.25) is 23.3 Å². The average Bonchev–Trinajstić information content (AvgIpc) is 2.40. The molecule has 0 aliphatic carbocycles. The predicted molar refractivity (Wildman–Crippen MR) is 148 cm³/mol. The summed E-state index contributed by atoms with van der Waals surface area (Å²) in [6.45, 7) is 37.0. The van der Waals surface area contributed by atoms with Crippen LogP contribution in [0.5, 0.6) is 0 Å². The van der Waals surface area contributed by atoms with Gasteiger partial charge in [0.1, 0.15) is 7.28 Å². The molecule has 0 aliphatic rings. The van der Waals surface area contributed by atoms with Crippen LogP contribution in [0.15, 0.2) is 22.7 Å². The summed E-state index contributed by atoms with van der Waals surface area (Å²) in [4.78, 5) is 0. The van der Waals surface area contributed by atoms with Crippen molar-refractivity contribution in [3.8, 4) is 0 Å². The molecular weight excluding hydrogens is 346 g/mol. The van der Waals surface area contributed by atoms with Crippen molar-refractivity contribution in [1.29, 1.82) is 0 Å². The van der Waals surface area contributed by atoms with E-state index < -0.39 is 0 Å². The van der Waals surface area contributed by atoms with E-state index in [0.717, 1.165) is 30.0 Å². The average molecular weight is 406 g/mol. The zero-order chi connectivity index (χ0) is 23.2. The third-order valence-corrected chi connectivity index (χ3v) is 4.60. The zero-order valence-corrected chi connectivity index (χ0v) is 22.8. The van der Waals surface area contributed by atoms with Crippen LogP contribution < -0.4 is 0 Å². The van der Waals surface area contributed by atoms with Crippen molar-refractivity contribution in [2.24, 2.45) is 11.8 Å². The molecule has 0 radical (unpaired) electrons. The van der Waals surface area contributed by atoms with E-state index in [1.807, 2.05) is 0 Å². The molecule has 0 fully saturated rings. The fourth-order valence-electron chi connectivity index (χ4n) is 4.39. The van der Waals surface area contributed by atoms with E-state index in [1.54, 1.807) is 5.47 Å². The van der Waals surface area contributed by atoms with Gasteiger partial charge in [0.2, 0.25) is 0 Å². The van der Waals surface area contributed by atoms with Crippen LogP contribution in [0, 0.1) is 11.8 Å². The predicted octanol–water partition coefficient (Wildman–Crippen LogP) is 10.2. The summed E-state index contributed by atoms with van der Waals surface area (Å²) in [5.74, 6) is 4.66. The van der Waals surface area contributed by atoms with Gasteiger partial charge in [-0.25, -0.2) is 0 Å². The molecule has 0 aromatic carbocycles. The second-order valence-corrected chi connectivity index (χ2v) is 11.1. The van der Waals surface area contributed by atoms with E-state index >= 15 is 0 Å². The van der Waals surface area contributed by atoms with Crippen molar-refractivity contribution < 1.29 is 0 Å². The van der Waals surface area contributed by atoms with Crippen molar-refractivity contribution in [1.82, 2.24) is 0 Å². The van der Waals surface area contributed by atoms with E-state index in [9.17, 15) is 0 Å². The Labute approximate surface area is 190 Å². The van der Waals surface area contributed by atoms with Gasteiger partial charge in [-0.3, -0.25) is 0 Å². The van der Waals surface area contributed by atoms with Crippen LogP contribution in [-0.2, 0) is 0 Å². The van der Waals surface area contributed by atoms with Crippen LogP contribution in [0.4, 0.5) is 0 Å². The largest absolute Gasteiger partial charge is 0.176 e. The SMILES string of the molecule is C.CC(C)=C(B(C(C)C)C(C)C)C(C)C.CC(C)=CC(C)C.CC(C)BC(C)C. The molecule has 0 saturated heterocycles. The first-order chi connectivity index (χ1) is 12.5. The third kappa shape index (κ3) is 23.8. The minimum atomic E-state index is 0. The molecule has 0 heterocycles. The van der Waals surface area contributed by atoms with E-state index in [-0.39, 0.29) is 7.43 Å². The van der Waals surface area contributed by atoms with Gasteiger partial charge >= 0.3 is 0 Å². The lowest BCUT2D eigenvalue weighted by Crippen LogP contribution is -2.28. The Hall–Kier alpha value is -0.390. The Morgan fingerprint density at radius 3 is 1.03 bits per heavy atom. The van der Waals surface area contributed by atoms with Gasteiger partial charge in [0.25, 0.3) is 0 Å². The summed E-state index contributed by atoms with van der Waals surface area (Å²) in [6.07, 6.45) is 2.25. The Morgan fingerprint density at radius 1 is 0.655 bits per heavy atom. The van der Waals surface area contributed by atoms with E-state index in [0.29, 0.717) is 11.8 Å². The Kier molecular flexibility index (Phi) is 24.3. The van der Waals surface area contributed by atoms with Gasteiger partial charge in [0.15, 0.2) is 6.71 Å². The molecule has 0 saturated carbocycles. The highest BCUT2D eigenvalue weighted by atomic mass is 14.1. The molecule has 0 aromatic rings. The molecule has 0 rings (SSSR count). The maximum Gasteiger partial charge on any atom is 0.176 e. The van der Waals surface area contributed by atoms with Crippen molar-refractivity contribution in [3.05, 3.63) is 22.7 Å². The second-order valence-electron chi connectivity index (χ2n) is 11.1. The lowest BCUT2D eigenvalue weighted by Gasteiger charge is -2.28. The molecular formula is C27H60B2. The molecule has 174 valence electrons. The van der Waals surface area contributed by atoms with Gasteiger partial charge in [0.05, 0.1) is 0 Å². The van der Waals surface area contributed by atoms with Gasteiger partial charge in [-0.05, 0) is 39.5 Å². The molecule has 2 heteroatoms. The molecule has 0 bridgehead atoms. The topological polar surface area (TPSA) is 0 Å². The second kappa shape index (κ2) is 19.6. The summed E-state index contributed by atoms with van der Waals surface area (Å²) < 4.78 is 0. The minimum Gasteiger partial charge on any atom is -0.0994 e. The number of hydrogen-bond donors (Lipinski definition) is 0. The molecule has 0 N–H and O–H groups in total. The smallest absolute Gasteiger partial charge is 0.0994 e. The normalized spacial score (nSPS) is 10.3. The summed E-state index contributed by atoms with van der Waals surface area (Å²) in [5.41, 5.74) is 4.61. The quantitative estimate of drug-likeness (QED) is 0.291. The number of allylic oxidation sites excluding steroid dienone is 4. The highest BCUT2D eigenvalue weighted by Gasteiger charge is 2.28. The van der Waals surface area contributed by atoms with E-state index in [4.69, 9.17) is 0 Å². The Balaban J connectivity index is -0.000000177. The van der Waals surface area contributed by atoms with Gasteiger partial charge in [0, 0.05) is 0 Å².